The van der Waals surface area contributed by atoms with E-state index in [1.165, 1.54) is 10.9 Å². The van der Waals surface area contributed by atoms with E-state index in [0.29, 0.717) is 18.7 Å². The van der Waals surface area contributed by atoms with Crippen LogP contribution in [0.5, 0.6) is 5.75 Å². The molecule has 1 N–H and O–H groups in total. The van der Waals surface area contributed by atoms with Crippen LogP contribution in [0.25, 0.3) is 10.9 Å². The smallest absolute Gasteiger partial charge is 0.251 e. The van der Waals surface area contributed by atoms with Gasteiger partial charge in [-0.05, 0) is 61.0 Å². The molecule has 1 aromatic heterocycles. The van der Waals surface area contributed by atoms with Crippen LogP contribution < -0.4 is 10.1 Å². The summed E-state index contributed by atoms with van der Waals surface area (Å²) in [6.45, 7) is 2.92. The zero-order chi connectivity index (χ0) is 19.2. The Labute approximate surface area is 165 Å². The van der Waals surface area contributed by atoms with Gasteiger partial charge >= 0.3 is 0 Å². The van der Waals surface area contributed by atoms with Gasteiger partial charge in [-0.25, -0.2) is 0 Å². The van der Waals surface area contributed by atoms with Crippen LogP contribution in [0.3, 0.4) is 0 Å². The van der Waals surface area contributed by atoms with Crippen molar-refractivity contribution in [1.29, 1.82) is 0 Å². The van der Waals surface area contributed by atoms with Crippen LogP contribution in [0.2, 0.25) is 0 Å². The zero-order valence-electron chi connectivity index (χ0n) is 16.0. The van der Waals surface area contributed by atoms with E-state index < -0.39 is 0 Å². The molecule has 0 saturated carbocycles. The average Bonchev–Trinajstić information content (AvgIpc) is 3.40. The first-order valence-electron chi connectivity index (χ1n) is 9.96. The van der Waals surface area contributed by atoms with Crippen molar-refractivity contribution < 1.29 is 14.3 Å². The molecule has 2 aromatic carbocycles. The quantitative estimate of drug-likeness (QED) is 0.603. The number of para-hydroxylation sites is 1. The fraction of sp³-hybridized carbons (Fsp3) is 0.348. The molecule has 5 heteroatoms. The van der Waals surface area contributed by atoms with E-state index in [4.69, 9.17) is 9.47 Å². The third-order valence-corrected chi connectivity index (χ3v) is 5.12. The molecule has 0 radical (unpaired) electrons. The monoisotopic (exact) mass is 378 g/mol. The third kappa shape index (κ3) is 4.54. The van der Waals surface area contributed by atoms with Gasteiger partial charge in [0.15, 0.2) is 0 Å². The molecule has 0 aliphatic carbocycles. The van der Waals surface area contributed by atoms with Gasteiger partial charge in [-0.3, -0.25) is 4.79 Å². The lowest BCUT2D eigenvalue weighted by molar-refractivity contribution is 0.0679. The van der Waals surface area contributed by atoms with Crippen molar-refractivity contribution in [1.82, 2.24) is 9.88 Å². The van der Waals surface area contributed by atoms with Crippen molar-refractivity contribution >= 4 is 16.8 Å². The molecule has 28 heavy (non-hydrogen) atoms. The van der Waals surface area contributed by atoms with E-state index in [-0.39, 0.29) is 12.0 Å². The number of carbonyl (C=O) groups is 1. The van der Waals surface area contributed by atoms with Gasteiger partial charge in [0.2, 0.25) is 0 Å². The number of rotatable bonds is 8. The van der Waals surface area contributed by atoms with Crippen molar-refractivity contribution in [2.75, 3.05) is 19.8 Å². The molecule has 1 aliphatic rings. The van der Waals surface area contributed by atoms with Crippen LogP contribution in [-0.2, 0) is 11.3 Å². The summed E-state index contributed by atoms with van der Waals surface area (Å²) < 4.78 is 13.5. The molecular formula is C23H26N2O3. The molecule has 0 bridgehead atoms. The van der Waals surface area contributed by atoms with Crippen molar-refractivity contribution in [3.8, 4) is 5.75 Å². The lowest BCUT2D eigenvalue weighted by Gasteiger charge is -2.12. The van der Waals surface area contributed by atoms with Gasteiger partial charge in [-0.2, -0.15) is 0 Å². The summed E-state index contributed by atoms with van der Waals surface area (Å²) in [6, 6.07) is 17.7. The van der Waals surface area contributed by atoms with Crippen molar-refractivity contribution in [2.45, 2.75) is 31.9 Å². The second-order valence-corrected chi connectivity index (χ2v) is 7.15. The summed E-state index contributed by atoms with van der Waals surface area (Å²) in [5.74, 6) is 0.717. The van der Waals surface area contributed by atoms with Gasteiger partial charge in [-0.1, -0.05) is 18.2 Å². The SMILES string of the molecule is O=C(NCCCn1ccc2ccccc21)c1ccc(OC[C@@H]2CCCO2)cc1. The van der Waals surface area contributed by atoms with Gasteiger partial charge in [0.1, 0.15) is 12.4 Å². The Morgan fingerprint density at radius 3 is 2.82 bits per heavy atom. The zero-order valence-corrected chi connectivity index (χ0v) is 16.0. The van der Waals surface area contributed by atoms with Gasteiger partial charge in [0, 0.05) is 37.0 Å². The highest BCUT2D eigenvalue weighted by atomic mass is 16.5. The number of ether oxygens (including phenoxy) is 2. The van der Waals surface area contributed by atoms with Gasteiger partial charge < -0.3 is 19.4 Å². The number of amides is 1. The number of nitrogens with zero attached hydrogens (tertiary/aromatic N) is 1. The second-order valence-electron chi connectivity index (χ2n) is 7.15. The second kappa shape index (κ2) is 8.93. The molecule has 1 aliphatic heterocycles. The molecule has 1 atom stereocenters. The largest absolute Gasteiger partial charge is 0.491 e. The summed E-state index contributed by atoms with van der Waals surface area (Å²) in [4.78, 5) is 12.3. The maximum absolute atomic E-state index is 12.3. The first-order chi connectivity index (χ1) is 13.8. The minimum absolute atomic E-state index is 0.0527. The Morgan fingerprint density at radius 2 is 2.00 bits per heavy atom. The van der Waals surface area contributed by atoms with E-state index in [2.05, 4.69) is 40.3 Å². The molecule has 5 nitrogen and oxygen atoms in total. The van der Waals surface area contributed by atoms with E-state index >= 15 is 0 Å². The van der Waals surface area contributed by atoms with Crippen molar-refractivity contribution in [2.24, 2.45) is 0 Å². The normalized spacial score (nSPS) is 16.4. The van der Waals surface area contributed by atoms with E-state index in [1.807, 2.05) is 18.2 Å². The number of benzene rings is 2. The third-order valence-electron chi connectivity index (χ3n) is 5.12. The van der Waals surface area contributed by atoms with E-state index in [9.17, 15) is 4.79 Å². The van der Waals surface area contributed by atoms with Crippen LogP contribution in [0, 0.1) is 0 Å². The van der Waals surface area contributed by atoms with Crippen LogP contribution in [0.1, 0.15) is 29.6 Å². The number of fused-ring (bicyclic) bond motifs is 1. The maximum Gasteiger partial charge on any atom is 0.251 e. The fourth-order valence-corrected chi connectivity index (χ4v) is 3.56. The van der Waals surface area contributed by atoms with E-state index in [0.717, 1.165) is 38.2 Å². The molecule has 1 amide bonds. The van der Waals surface area contributed by atoms with Crippen molar-refractivity contribution in [3.63, 3.8) is 0 Å². The number of hydrogen-bond donors (Lipinski definition) is 1. The molecule has 1 saturated heterocycles. The minimum Gasteiger partial charge on any atom is -0.491 e. The van der Waals surface area contributed by atoms with Gasteiger partial charge in [-0.15, -0.1) is 0 Å². The predicted octanol–water partition coefficient (Wildman–Crippen LogP) is 4.02. The Morgan fingerprint density at radius 1 is 1.14 bits per heavy atom. The van der Waals surface area contributed by atoms with Crippen LogP contribution in [-0.4, -0.2) is 36.3 Å². The Bertz CT molecular complexity index is 911. The number of carbonyl (C=O) groups excluding carboxylic acids is 1. The van der Waals surface area contributed by atoms with Gasteiger partial charge in [0.05, 0.1) is 6.10 Å². The molecule has 0 spiro atoms. The van der Waals surface area contributed by atoms with E-state index in [1.54, 1.807) is 12.1 Å². The Hall–Kier alpha value is -2.79. The number of aryl methyl sites for hydroxylation is 1. The molecular weight excluding hydrogens is 352 g/mol. The maximum atomic E-state index is 12.3. The molecule has 0 unspecified atom stereocenters. The Balaban J connectivity index is 1.21. The van der Waals surface area contributed by atoms with Crippen molar-refractivity contribution in [3.05, 3.63) is 66.4 Å². The van der Waals surface area contributed by atoms with Crippen LogP contribution in [0.4, 0.5) is 0 Å². The standard InChI is InChI=1S/C23H26N2O3/c26-23(19-8-10-20(11-9-19)28-17-21-6-3-16-27-21)24-13-4-14-25-15-12-18-5-1-2-7-22(18)25/h1-2,5,7-12,15,21H,3-4,6,13-14,16-17H2,(H,24,26)/t21-/m0/s1. The molecule has 2 heterocycles. The molecule has 4 rings (SSSR count). The molecule has 1 fully saturated rings. The summed E-state index contributed by atoms with van der Waals surface area (Å²) in [7, 11) is 0. The fourth-order valence-electron chi connectivity index (χ4n) is 3.56. The predicted molar refractivity (Wildman–Crippen MR) is 110 cm³/mol. The summed E-state index contributed by atoms with van der Waals surface area (Å²) >= 11 is 0. The summed E-state index contributed by atoms with van der Waals surface area (Å²) in [6.07, 6.45) is 5.34. The summed E-state index contributed by atoms with van der Waals surface area (Å²) in [5.41, 5.74) is 1.88. The highest BCUT2D eigenvalue weighted by Gasteiger charge is 2.16. The highest BCUT2D eigenvalue weighted by molar-refractivity contribution is 5.94. The van der Waals surface area contributed by atoms with Crippen LogP contribution in [0.15, 0.2) is 60.8 Å². The number of aromatic nitrogens is 1. The van der Waals surface area contributed by atoms with Gasteiger partial charge in [0.25, 0.3) is 5.91 Å². The first-order valence-corrected chi connectivity index (χ1v) is 9.96. The topological polar surface area (TPSA) is 52.5 Å². The lowest BCUT2D eigenvalue weighted by atomic mass is 10.2. The first kappa shape index (κ1) is 18.6. The summed E-state index contributed by atoms with van der Waals surface area (Å²) in [5, 5.41) is 4.24. The number of hydrogen-bond acceptors (Lipinski definition) is 3. The minimum atomic E-state index is -0.0527. The highest BCUT2D eigenvalue weighted by Crippen LogP contribution is 2.17. The average molecular weight is 378 g/mol. The lowest BCUT2D eigenvalue weighted by Crippen LogP contribution is -2.25. The number of nitrogens with one attached hydrogen (secondary N) is 1. The van der Waals surface area contributed by atoms with Crippen LogP contribution >= 0.6 is 0 Å². The Kier molecular flexibility index (Phi) is 5.92. The molecule has 146 valence electrons. The molecule has 3 aromatic rings.